The van der Waals surface area contributed by atoms with Crippen LogP contribution in [0.3, 0.4) is 0 Å². The van der Waals surface area contributed by atoms with Crippen molar-refractivity contribution in [3.63, 3.8) is 0 Å². The Bertz CT molecular complexity index is 278. The maximum absolute atomic E-state index is 10.4. The maximum atomic E-state index is 10.4. The highest BCUT2D eigenvalue weighted by molar-refractivity contribution is 7.80. The van der Waals surface area contributed by atoms with Crippen LogP contribution in [0.4, 0.5) is 0 Å². The van der Waals surface area contributed by atoms with Crippen molar-refractivity contribution in [1.29, 1.82) is 0 Å². The zero-order valence-electron chi connectivity index (χ0n) is 7.14. The van der Waals surface area contributed by atoms with Crippen LogP contribution in [0.5, 0.6) is 0 Å². The summed E-state index contributed by atoms with van der Waals surface area (Å²) in [4.78, 5) is 0. The van der Waals surface area contributed by atoms with Gasteiger partial charge in [-0.1, -0.05) is 0 Å². The molecule has 6 nitrogen and oxygen atoms in total. The highest BCUT2D eigenvalue weighted by Gasteiger charge is 2.36. The molecule has 0 spiro atoms. The normalized spacial score (nSPS) is 36.1. The standard InChI is InChI=1S/C6H14N2O4S/c7-5-2-1-3-6(8,4-5)12-13(9,10)11/h5H,1-4,7-8H2,(H,9,10,11). The van der Waals surface area contributed by atoms with Crippen LogP contribution >= 0.6 is 0 Å². The van der Waals surface area contributed by atoms with Gasteiger partial charge in [0.05, 0.1) is 0 Å². The van der Waals surface area contributed by atoms with Crippen LogP contribution in [0.1, 0.15) is 25.7 Å². The third kappa shape index (κ3) is 3.57. The molecule has 5 N–H and O–H groups in total. The van der Waals surface area contributed by atoms with Crippen molar-refractivity contribution in [2.24, 2.45) is 11.5 Å². The summed E-state index contributed by atoms with van der Waals surface area (Å²) >= 11 is 0. The first-order valence-electron chi connectivity index (χ1n) is 4.03. The summed E-state index contributed by atoms with van der Waals surface area (Å²) in [6, 6.07) is -0.166. The first kappa shape index (κ1) is 10.9. The molecule has 0 aromatic rings. The van der Waals surface area contributed by atoms with Crippen molar-refractivity contribution < 1.29 is 17.2 Å². The Morgan fingerprint density at radius 3 is 2.62 bits per heavy atom. The summed E-state index contributed by atoms with van der Waals surface area (Å²) in [5.74, 6) is 0. The van der Waals surface area contributed by atoms with Crippen LogP contribution in [0.15, 0.2) is 0 Å². The third-order valence-electron chi connectivity index (χ3n) is 2.05. The predicted molar refractivity (Wildman–Crippen MR) is 46.0 cm³/mol. The second-order valence-electron chi connectivity index (χ2n) is 3.43. The fourth-order valence-electron chi connectivity index (χ4n) is 1.60. The molecule has 1 fully saturated rings. The van der Waals surface area contributed by atoms with Crippen molar-refractivity contribution in [3.05, 3.63) is 0 Å². The smallest absolute Gasteiger partial charge is 0.328 e. The Labute approximate surface area is 77.2 Å². The Hall–Kier alpha value is -0.210. The van der Waals surface area contributed by atoms with Gasteiger partial charge in [-0.3, -0.25) is 4.55 Å². The average Bonchev–Trinajstić information content (AvgIpc) is 1.79. The van der Waals surface area contributed by atoms with Crippen molar-refractivity contribution in [2.45, 2.75) is 37.5 Å². The molecular formula is C6H14N2O4S. The zero-order valence-corrected chi connectivity index (χ0v) is 7.96. The molecule has 13 heavy (non-hydrogen) atoms. The molecule has 1 rings (SSSR count). The highest BCUT2D eigenvalue weighted by atomic mass is 32.3. The van der Waals surface area contributed by atoms with Gasteiger partial charge in [0.1, 0.15) is 5.72 Å². The van der Waals surface area contributed by atoms with Crippen molar-refractivity contribution in [2.75, 3.05) is 0 Å². The van der Waals surface area contributed by atoms with E-state index in [0.717, 1.165) is 6.42 Å². The molecule has 0 heterocycles. The van der Waals surface area contributed by atoms with E-state index in [1.807, 2.05) is 0 Å². The SMILES string of the molecule is NC1CCCC(N)(OS(=O)(=O)O)C1. The monoisotopic (exact) mass is 210 g/mol. The van der Waals surface area contributed by atoms with E-state index in [2.05, 4.69) is 4.18 Å². The van der Waals surface area contributed by atoms with Crippen molar-refractivity contribution in [3.8, 4) is 0 Å². The second kappa shape index (κ2) is 3.50. The van der Waals surface area contributed by atoms with Gasteiger partial charge >= 0.3 is 10.4 Å². The second-order valence-corrected chi connectivity index (χ2v) is 4.45. The van der Waals surface area contributed by atoms with Gasteiger partial charge in [0.2, 0.25) is 0 Å². The Morgan fingerprint density at radius 2 is 2.15 bits per heavy atom. The molecule has 1 saturated carbocycles. The molecule has 0 radical (unpaired) electrons. The van der Waals surface area contributed by atoms with Gasteiger partial charge in [-0.15, -0.1) is 0 Å². The topological polar surface area (TPSA) is 116 Å². The molecule has 0 aromatic carbocycles. The third-order valence-corrected chi connectivity index (χ3v) is 2.60. The Kier molecular flexibility index (Phi) is 2.93. The molecule has 0 bridgehead atoms. The van der Waals surface area contributed by atoms with E-state index in [0.29, 0.717) is 12.8 Å². The first-order chi connectivity index (χ1) is 5.81. The number of rotatable bonds is 2. The molecule has 7 heteroatoms. The van der Waals surface area contributed by atoms with E-state index in [9.17, 15) is 8.42 Å². The Balaban J connectivity index is 2.65. The van der Waals surface area contributed by atoms with E-state index in [1.165, 1.54) is 0 Å². The number of nitrogens with two attached hydrogens (primary N) is 2. The number of hydrogen-bond acceptors (Lipinski definition) is 5. The number of hydrogen-bond donors (Lipinski definition) is 3. The lowest BCUT2D eigenvalue weighted by atomic mass is 9.89. The summed E-state index contributed by atoms with van der Waals surface area (Å²) in [7, 11) is -4.49. The van der Waals surface area contributed by atoms with Gasteiger partial charge in [0, 0.05) is 12.5 Å². The average molecular weight is 210 g/mol. The minimum absolute atomic E-state index is 0.166. The summed E-state index contributed by atoms with van der Waals surface area (Å²) in [6.45, 7) is 0. The van der Waals surface area contributed by atoms with E-state index in [-0.39, 0.29) is 12.5 Å². The molecule has 0 saturated heterocycles. The molecule has 2 atom stereocenters. The van der Waals surface area contributed by atoms with Crippen LogP contribution in [-0.4, -0.2) is 24.7 Å². The van der Waals surface area contributed by atoms with Crippen LogP contribution in [0, 0.1) is 0 Å². The van der Waals surface area contributed by atoms with Crippen molar-refractivity contribution in [1.82, 2.24) is 0 Å². The van der Waals surface area contributed by atoms with Gasteiger partial charge in [-0.05, 0) is 19.3 Å². The van der Waals surface area contributed by atoms with Crippen LogP contribution in [0.25, 0.3) is 0 Å². The van der Waals surface area contributed by atoms with Crippen LogP contribution in [-0.2, 0) is 14.6 Å². The minimum Gasteiger partial charge on any atom is -0.328 e. The van der Waals surface area contributed by atoms with Gasteiger partial charge in [0.25, 0.3) is 0 Å². The first-order valence-corrected chi connectivity index (χ1v) is 5.40. The lowest BCUT2D eigenvalue weighted by molar-refractivity contribution is 0.0251. The molecule has 2 unspecified atom stereocenters. The van der Waals surface area contributed by atoms with E-state index < -0.39 is 16.1 Å². The minimum atomic E-state index is -4.49. The lowest BCUT2D eigenvalue weighted by Gasteiger charge is -2.34. The molecule has 0 aromatic heterocycles. The van der Waals surface area contributed by atoms with E-state index in [4.69, 9.17) is 16.0 Å². The maximum Gasteiger partial charge on any atom is 0.399 e. The van der Waals surface area contributed by atoms with Crippen LogP contribution in [0.2, 0.25) is 0 Å². The zero-order chi connectivity index (χ0) is 10.1. The molecule has 0 amide bonds. The molecule has 0 aliphatic heterocycles. The quantitative estimate of drug-likeness (QED) is 0.412. The summed E-state index contributed by atoms with van der Waals surface area (Å²) < 4.78 is 33.7. The molecular weight excluding hydrogens is 196 g/mol. The van der Waals surface area contributed by atoms with E-state index >= 15 is 0 Å². The van der Waals surface area contributed by atoms with Gasteiger partial charge in [-0.25, -0.2) is 4.18 Å². The van der Waals surface area contributed by atoms with Gasteiger partial charge in [0.15, 0.2) is 0 Å². The van der Waals surface area contributed by atoms with Gasteiger partial charge in [-0.2, -0.15) is 8.42 Å². The Morgan fingerprint density at radius 1 is 1.54 bits per heavy atom. The van der Waals surface area contributed by atoms with Gasteiger partial charge < -0.3 is 11.5 Å². The highest BCUT2D eigenvalue weighted by Crippen LogP contribution is 2.27. The predicted octanol–water partition coefficient (Wildman–Crippen LogP) is -0.638. The van der Waals surface area contributed by atoms with Crippen molar-refractivity contribution >= 4 is 10.4 Å². The molecule has 78 valence electrons. The largest absolute Gasteiger partial charge is 0.399 e. The lowest BCUT2D eigenvalue weighted by Crippen LogP contribution is -2.51. The summed E-state index contributed by atoms with van der Waals surface area (Å²) in [6.07, 6.45) is 2.13. The van der Waals surface area contributed by atoms with E-state index in [1.54, 1.807) is 0 Å². The molecule has 1 aliphatic carbocycles. The molecule has 1 aliphatic rings. The summed E-state index contributed by atoms with van der Waals surface area (Å²) in [5.41, 5.74) is 9.86. The summed E-state index contributed by atoms with van der Waals surface area (Å²) in [5, 5.41) is 0. The fourth-order valence-corrected chi connectivity index (χ4v) is 2.17. The van der Waals surface area contributed by atoms with Crippen LogP contribution < -0.4 is 11.5 Å². The fraction of sp³-hybridized carbons (Fsp3) is 1.00.